The summed E-state index contributed by atoms with van der Waals surface area (Å²) in [5, 5.41) is 10.7. The van der Waals surface area contributed by atoms with Gasteiger partial charge in [0.25, 0.3) is 5.69 Å². The number of benzene rings is 1. The van der Waals surface area contributed by atoms with E-state index in [1.54, 1.807) is 12.1 Å². The maximum Gasteiger partial charge on any atom is 0.269 e. The first kappa shape index (κ1) is 21.2. The number of unbranched alkanes of at least 4 members (excludes halogenated alkanes) is 7. The third-order valence-corrected chi connectivity index (χ3v) is 5.30. The minimum atomic E-state index is -0.383. The van der Waals surface area contributed by atoms with Gasteiger partial charge in [-0.1, -0.05) is 51.9 Å². The molecule has 27 heavy (non-hydrogen) atoms. The highest BCUT2D eigenvalue weighted by molar-refractivity contribution is 5.76. The molecular weight excluding hydrogens is 342 g/mol. The van der Waals surface area contributed by atoms with Crippen molar-refractivity contribution in [1.29, 1.82) is 0 Å². The van der Waals surface area contributed by atoms with Crippen LogP contribution in [0.25, 0.3) is 0 Å². The molecule has 1 aliphatic rings. The lowest BCUT2D eigenvalue weighted by molar-refractivity contribution is -0.384. The smallest absolute Gasteiger partial charge is 0.269 e. The number of nitro benzene ring substituents is 1. The van der Waals surface area contributed by atoms with Crippen molar-refractivity contribution in [2.45, 2.75) is 64.7 Å². The number of hydrogen-bond acceptors (Lipinski definition) is 4. The Morgan fingerprint density at radius 2 is 1.48 bits per heavy atom. The van der Waals surface area contributed by atoms with Gasteiger partial charge in [-0.3, -0.25) is 14.9 Å². The van der Waals surface area contributed by atoms with Gasteiger partial charge in [0.2, 0.25) is 5.91 Å². The van der Waals surface area contributed by atoms with E-state index >= 15 is 0 Å². The van der Waals surface area contributed by atoms with Gasteiger partial charge in [0, 0.05) is 50.4 Å². The average Bonchev–Trinajstić information content (AvgIpc) is 2.70. The van der Waals surface area contributed by atoms with Crippen LogP contribution in [0.4, 0.5) is 11.4 Å². The van der Waals surface area contributed by atoms with Crippen molar-refractivity contribution in [2.75, 3.05) is 31.1 Å². The molecule has 0 bridgehead atoms. The van der Waals surface area contributed by atoms with E-state index in [-0.39, 0.29) is 16.5 Å². The lowest BCUT2D eigenvalue weighted by Crippen LogP contribution is -2.48. The minimum Gasteiger partial charge on any atom is -0.368 e. The molecule has 1 aromatic carbocycles. The first-order valence-electron chi connectivity index (χ1n) is 10.4. The Kier molecular flexibility index (Phi) is 9.08. The fourth-order valence-electron chi connectivity index (χ4n) is 3.57. The molecule has 0 N–H and O–H groups in total. The van der Waals surface area contributed by atoms with Crippen molar-refractivity contribution >= 4 is 17.3 Å². The zero-order valence-corrected chi connectivity index (χ0v) is 16.6. The van der Waals surface area contributed by atoms with Crippen LogP contribution in [0, 0.1) is 10.1 Å². The van der Waals surface area contributed by atoms with Crippen LogP contribution in [0.5, 0.6) is 0 Å². The number of non-ortho nitro benzene ring substituents is 1. The molecule has 0 aliphatic carbocycles. The molecule has 0 saturated carbocycles. The Hall–Kier alpha value is -2.11. The number of carbonyl (C=O) groups excluding carboxylic acids is 1. The predicted molar refractivity (Wildman–Crippen MR) is 109 cm³/mol. The molecule has 150 valence electrons. The van der Waals surface area contributed by atoms with Crippen molar-refractivity contribution in [1.82, 2.24) is 4.90 Å². The molecule has 1 amide bonds. The lowest BCUT2D eigenvalue weighted by Gasteiger charge is -2.36. The Morgan fingerprint density at radius 3 is 2.04 bits per heavy atom. The number of nitro groups is 1. The van der Waals surface area contributed by atoms with E-state index in [0.29, 0.717) is 6.42 Å². The van der Waals surface area contributed by atoms with Crippen LogP contribution in [-0.2, 0) is 4.79 Å². The third-order valence-electron chi connectivity index (χ3n) is 5.30. The number of piperazine rings is 1. The Bertz CT molecular complexity index is 581. The van der Waals surface area contributed by atoms with Crippen LogP contribution in [0.2, 0.25) is 0 Å². The van der Waals surface area contributed by atoms with Gasteiger partial charge in [-0.15, -0.1) is 0 Å². The number of hydrogen-bond donors (Lipinski definition) is 0. The SMILES string of the molecule is CCCCCCCCCCC(=O)N1CCN(c2ccc([N+](=O)[O-])cc2)CC1. The number of anilines is 1. The largest absolute Gasteiger partial charge is 0.368 e. The molecule has 6 nitrogen and oxygen atoms in total. The summed E-state index contributed by atoms with van der Waals surface area (Å²) in [6.07, 6.45) is 10.6. The molecule has 1 heterocycles. The monoisotopic (exact) mass is 375 g/mol. The summed E-state index contributed by atoms with van der Waals surface area (Å²) in [5.74, 6) is 0.268. The van der Waals surface area contributed by atoms with E-state index in [1.807, 2.05) is 4.90 Å². The highest BCUT2D eigenvalue weighted by Crippen LogP contribution is 2.21. The van der Waals surface area contributed by atoms with Crippen LogP contribution in [0.15, 0.2) is 24.3 Å². The van der Waals surface area contributed by atoms with E-state index in [0.717, 1.165) is 44.7 Å². The quantitative estimate of drug-likeness (QED) is 0.317. The van der Waals surface area contributed by atoms with Gasteiger partial charge in [-0.25, -0.2) is 0 Å². The first-order valence-corrected chi connectivity index (χ1v) is 10.4. The Balaban J connectivity index is 1.62. The maximum absolute atomic E-state index is 12.4. The molecule has 2 rings (SSSR count). The summed E-state index contributed by atoms with van der Waals surface area (Å²) in [6, 6.07) is 6.65. The molecule has 1 aliphatic heterocycles. The van der Waals surface area contributed by atoms with Crippen molar-refractivity contribution < 1.29 is 9.72 Å². The third kappa shape index (κ3) is 7.19. The zero-order chi connectivity index (χ0) is 19.5. The van der Waals surface area contributed by atoms with Crippen molar-refractivity contribution in [2.24, 2.45) is 0 Å². The van der Waals surface area contributed by atoms with E-state index < -0.39 is 0 Å². The van der Waals surface area contributed by atoms with Gasteiger partial charge < -0.3 is 9.80 Å². The molecule has 1 fully saturated rings. The fraction of sp³-hybridized carbons (Fsp3) is 0.667. The summed E-state index contributed by atoms with van der Waals surface area (Å²) < 4.78 is 0. The van der Waals surface area contributed by atoms with Gasteiger partial charge in [-0.2, -0.15) is 0 Å². The van der Waals surface area contributed by atoms with E-state index in [1.165, 1.54) is 50.7 Å². The van der Waals surface area contributed by atoms with Gasteiger partial charge in [0.15, 0.2) is 0 Å². The van der Waals surface area contributed by atoms with Gasteiger partial charge in [0.1, 0.15) is 0 Å². The summed E-state index contributed by atoms with van der Waals surface area (Å²) in [6.45, 7) is 5.25. The molecule has 0 radical (unpaired) electrons. The molecule has 6 heteroatoms. The highest BCUT2D eigenvalue weighted by atomic mass is 16.6. The molecule has 0 aromatic heterocycles. The Labute approximate surface area is 162 Å². The normalized spacial score (nSPS) is 14.4. The van der Waals surface area contributed by atoms with Crippen LogP contribution in [0.3, 0.4) is 0 Å². The van der Waals surface area contributed by atoms with Crippen LogP contribution in [-0.4, -0.2) is 41.9 Å². The first-order chi connectivity index (χ1) is 13.1. The van der Waals surface area contributed by atoms with Crippen LogP contribution < -0.4 is 4.90 Å². The number of amides is 1. The summed E-state index contributed by atoms with van der Waals surface area (Å²) in [5.41, 5.74) is 1.09. The average molecular weight is 376 g/mol. The van der Waals surface area contributed by atoms with Crippen LogP contribution >= 0.6 is 0 Å². The molecule has 1 saturated heterocycles. The van der Waals surface area contributed by atoms with Crippen LogP contribution in [0.1, 0.15) is 64.7 Å². The second-order valence-corrected chi connectivity index (χ2v) is 7.37. The van der Waals surface area contributed by atoms with E-state index in [9.17, 15) is 14.9 Å². The van der Waals surface area contributed by atoms with Crippen molar-refractivity contribution in [3.05, 3.63) is 34.4 Å². The topological polar surface area (TPSA) is 66.7 Å². The number of rotatable bonds is 11. The summed E-state index contributed by atoms with van der Waals surface area (Å²) in [7, 11) is 0. The fourth-order valence-corrected chi connectivity index (χ4v) is 3.57. The van der Waals surface area contributed by atoms with Gasteiger partial charge in [0.05, 0.1) is 4.92 Å². The predicted octanol–water partition coefficient (Wildman–Crippen LogP) is 4.77. The van der Waals surface area contributed by atoms with Crippen molar-refractivity contribution in [3.63, 3.8) is 0 Å². The van der Waals surface area contributed by atoms with E-state index in [2.05, 4.69) is 11.8 Å². The lowest BCUT2D eigenvalue weighted by atomic mass is 10.1. The molecule has 1 aromatic rings. The van der Waals surface area contributed by atoms with Crippen molar-refractivity contribution in [3.8, 4) is 0 Å². The summed E-state index contributed by atoms with van der Waals surface area (Å²) in [4.78, 5) is 26.9. The molecule has 0 spiro atoms. The highest BCUT2D eigenvalue weighted by Gasteiger charge is 2.21. The van der Waals surface area contributed by atoms with Gasteiger partial charge >= 0.3 is 0 Å². The number of nitrogens with zero attached hydrogens (tertiary/aromatic N) is 3. The second-order valence-electron chi connectivity index (χ2n) is 7.37. The molecule has 0 atom stereocenters. The van der Waals surface area contributed by atoms with Gasteiger partial charge in [-0.05, 0) is 18.6 Å². The molecule has 0 unspecified atom stereocenters. The summed E-state index contributed by atoms with van der Waals surface area (Å²) >= 11 is 0. The zero-order valence-electron chi connectivity index (χ0n) is 16.6. The standard InChI is InChI=1S/C21H33N3O3/c1-2-3-4-5-6-7-8-9-10-21(25)23-17-15-22(16-18-23)19-11-13-20(14-12-19)24(26)27/h11-14H,2-10,15-18H2,1H3. The maximum atomic E-state index is 12.4. The van der Waals surface area contributed by atoms with E-state index in [4.69, 9.17) is 0 Å². The second kappa shape index (κ2) is 11.6. The molecular formula is C21H33N3O3. The Morgan fingerprint density at radius 1 is 0.926 bits per heavy atom. The minimum absolute atomic E-state index is 0.109. The number of carbonyl (C=O) groups is 1.